The van der Waals surface area contributed by atoms with E-state index in [4.69, 9.17) is 4.42 Å². The van der Waals surface area contributed by atoms with Crippen molar-refractivity contribution in [2.45, 2.75) is 11.8 Å². The number of thioether (sulfide) groups is 1. The first kappa shape index (κ1) is 9.79. The summed E-state index contributed by atoms with van der Waals surface area (Å²) in [5, 5.41) is 2.42. The molecule has 0 unspecified atom stereocenters. The van der Waals surface area contributed by atoms with Gasteiger partial charge in [-0.25, -0.2) is 0 Å². The first-order valence-corrected chi connectivity index (χ1v) is 6.41. The average molecular weight is 228 g/mol. The van der Waals surface area contributed by atoms with Gasteiger partial charge in [-0.2, -0.15) is 0 Å². The average Bonchev–Trinajstić information content (AvgIpc) is 2.68. The Morgan fingerprint density at radius 2 is 1.81 bits per heavy atom. The molecule has 0 spiro atoms. The normalized spacial score (nSPS) is 11.3. The molecule has 0 aliphatic carbocycles. The highest BCUT2D eigenvalue weighted by atomic mass is 32.2. The molecule has 0 radical (unpaired) electrons. The third-order valence-corrected chi connectivity index (χ3v) is 3.54. The summed E-state index contributed by atoms with van der Waals surface area (Å²) in [6.07, 6.45) is 0. The van der Waals surface area contributed by atoms with Crippen molar-refractivity contribution in [2.24, 2.45) is 0 Å². The van der Waals surface area contributed by atoms with E-state index in [2.05, 4.69) is 37.3 Å². The van der Waals surface area contributed by atoms with Crippen LogP contribution in [0.2, 0.25) is 0 Å². The summed E-state index contributed by atoms with van der Waals surface area (Å²) in [4.78, 5) is 1.31. The summed E-state index contributed by atoms with van der Waals surface area (Å²) in [6, 6.07) is 14.6. The molecule has 0 amide bonds. The zero-order valence-corrected chi connectivity index (χ0v) is 9.88. The lowest BCUT2D eigenvalue weighted by Gasteiger charge is -1.97. The van der Waals surface area contributed by atoms with E-state index in [1.807, 2.05) is 23.9 Å². The Labute approximate surface area is 98.4 Å². The van der Waals surface area contributed by atoms with Crippen molar-refractivity contribution in [1.29, 1.82) is 0 Å². The molecular formula is C14H12OS. The Morgan fingerprint density at radius 3 is 2.69 bits per heavy atom. The summed E-state index contributed by atoms with van der Waals surface area (Å²) >= 11 is 1.86. The highest BCUT2D eigenvalue weighted by molar-refractivity contribution is 7.99. The molecule has 0 aliphatic heterocycles. The third kappa shape index (κ3) is 1.50. The van der Waals surface area contributed by atoms with E-state index < -0.39 is 0 Å². The molecular weight excluding hydrogens is 216 g/mol. The monoisotopic (exact) mass is 228 g/mol. The van der Waals surface area contributed by atoms with Crippen molar-refractivity contribution in [1.82, 2.24) is 0 Å². The number of para-hydroxylation sites is 1. The van der Waals surface area contributed by atoms with E-state index in [1.54, 1.807) is 0 Å². The highest BCUT2D eigenvalue weighted by Crippen LogP contribution is 2.31. The Hall–Kier alpha value is -1.41. The zero-order valence-electron chi connectivity index (χ0n) is 9.07. The van der Waals surface area contributed by atoms with Crippen LogP contribution in [0.4, 0.5) is 0 Å². The molecule has 2 aromatic carbocycles. The van der Waals surface area contributed by atoms with Gasteiger partial charge >= 0.3 is 0 Å². The van der Waals surface area contributed by atoms with Crippen LogP contribution in [-0.2, 0) is 0 Å². The molecule has 0 saturated heterocycles. The molecule has 0 N–H and O–H groups in total. The lowest BCUT2D eigenvalue weighted by molar-refractivity contribution is 0.668. The van der Waals surface area contributed by atoms with Gasteiger partial charge in [0.1, 0.15) is 11.2 Å². The first-order valence-electron chi connectivity index (χ1n) is 5.42. The van der Waals surface area contributed by atoms with Crippen molar-refractivity contribution in [2.75, 3.05) is 5.75 Å². The maximum Gasteiger partial charge on any atom is 0.135 e. The predicted molar refractivity (Wildman–Crippen MR) is 70.1 cm³/mol. The first-order chi connectivity index (χ1) is 7.88. The van der Waals surface area contributed by atoms with E-state index in [-0.39, 0.29) is 0 Å². The molecule has 0 aliphatic rings. The van der Waals surface area contributed by atoms with Gasteiger partial charge in [0, 0.05) is 15.7 Å². The highest BCUT2D eigenvalue weighted by Gasteiger charge is 2.06. The SMILES string of the molecule is CCSc1ccc2oc3ccccc3c2c1. The van der Waals surface area contributed by atoms with Gasteiger partial charge in [-0.05, 0) is 30.0 Å². The molecule has 3 aromatic rings. The summed E-state index contributed by atoms with van der Waals surface area (Å²) < 4.78 is 5.78. The van der Waals surface area contributed by atoms with E-state index in [9.17, 15) is 0 Å². The zero-order chi connectivity index (χ0) is 11.0. The number of hydrogen-bond acceptors (Lipinski definition) is 2. The molecule has 16 heavy (non-hydrogen) atoms. The number of fused-ring (bicyclic) bond motifs is 3. The van der Waals surface area contributed by atoms with Gasteiger partial charge in [0.05, 0.1) is 0 Å². The van der Waals surface area contributed by atoms with Crippen LogP contribution in [0.15, 0.2) is 51.8 Å². The minimum absolute atomic E-state index is 0.969. The van der Waals surface area contributed by atoms with Crippen molar-refractivity contribution in [3.63, 3.8) is 0 Å². The molecule has 0 atom stereocenters. The number of furan rings is 1. The van der Waals surface area contributed by atoms with Crippen molar-refractivity contribution in [3.05, 3.63) is 42.5 Å². The fourth-order valence-corrected chi connectivity index (χ4v) is 2.66. The van der Waals surface area contributed by atoms with Crippen LogP contribution < -0.4 is 0 Å². The smallest absolute Gasteiger partial charge is 0.135 e. The second-order valence-corrected chi connectivity index (χ2v) is 5.03. The van der Waals surface area contributed by atoms with Gasteiger partial charge < -0.3 is 4.42 Å². The Balaban J connectivity index is 2.31. The van der Waals surface area contributed by atoms with Crippen LogP contribution in [0.25, 0.3) is 21.9 Å². The van der Waals surface area contributed by atoms with Gasteiger partial charge in [-0.1, -0.05) is 25.1 Å². The molecule has 3 rings (SSSR count). The van der Waals surface area contributed by atoms with Crippen LogP contribution >= 0.6 is 11.8 Å². The van der Waals surface area contributed by atoms with E-state index in [0.29, 0.717) is 0 Å². The standard InChI is InChI=1S/C14H12OS/c1-2-16-10-7-8-14-12(9-10)11-5-3-4-6-13(11)15-14/h3-9H,2H2,1H3. The fourth-order valence-electron chi connectivity index (χ4n) is 1.96. The van der Waals surface area contributed by atoms with Gasteiger partial charge in [-0.15, -0.1) is 11.8 Å². The number of rotatable bonds is 2. The fraction of sp³-hybridized carbons (Fsp3) is 0.143. The third-order valence-electron chi connectivity index (χ3n) is 2.66. The molecule has 1 heterocycles. The maximum atomic E-state index is 5.78. The molecule has 0 bridgehead atoms. The Kier molecular flexibility index (Phi) is 2.37. The lowest BCUT2D eigenvalue weighted by atomic mass is 10.1. The summed E-state index contributed by atoms with van der Waals surface area (Å²) in [5.74, 6) is 1.10. The Morgan fingerprint density at radius 1 is 1.00 bits per heavy atom. The maximum absolute atomic E-state index is 5.78. The van der Waals surface area contributed by atoms with Crippen molar-refractivity contribution >= 4 is 33.7 Å². The van der Waals surface area contributed by atoms with E-state index in [0.717, 1.165) is 16.9 Å². The van der Waals surface area contributed by atoms with Gasteiger partial charge in [0.2, 0.25) is 0 Å². The quantitative estimate of drug-likeness (QED) is 0.590. The molecule has 1 nitrogen and oxygen atoms in total. The van der Waals surface area contributed by atoms with E-state index >= 15 is 0 Å². The van der Waals surface area contributed by atoms with E-state index in [1.165, 1.54) is 15.7 Å². The molecule has 0 saturated carbocycles. The van der Waals surface area contributed by atoms with Crippen LogP contribution in [0, 0.1) is 0 Å². The minimum Gasteiger partial charge on any atom is -0.456 e. The van der Waals surface area contributed by atoms with Crippen LogP contribution in [-0.4, -0.2) is 5.75 Å². The minimum atomic E-state index is 0.969. The topological polar surface area (TPSA) is 13.1 Å². The largest absolute Gasteiger partial charge is 0.456 e. The van der Waals surface area contributed by atoms with Crippen LogP contribution in [0.5, 0.6) is 0 Å². The Bertz CT molecular complexity index is 639. The predicted octanol–water partition coefficient (Wildman–Crippen LogP) is 4.70. The molecule has 2 heteroatoms. The molecule has 80 valence electrons. The van der Waals surface area contributed by atoms with Crippen LogP contribution in [0.3, 0.4) is 0 Å². The number of benzene rings is 2. The van der Waals surface area contributed by atoms with Gasteiger partial charge in [-0.3, -0.25) is 0 Å². The summed E-state index contributed by atoms with van der Waals surface area (Å²) in [5.41, 5.74) is 1.94. The van der Waals surface area contributed by atoms with Crippen molar-refractivity contribution < 1.29 is 4.42 Å². The molecule has 0 fully saturated rings. The second-order valence-electron chi connectivity index (χ2n) is 3.69. The second kappa shape index (κ2) is 3.87. The van der Waals surface area contributed by atoms with Gasteiger partial charge in [0.15, 0.2) is 0 Å². The van der Waals surface area contributed by atoms with Crippen LogP contribution in [0.1, 0.15) is 6.92 Å². The van der Waals surface area contributed by atoms with Gasteiger partial charge in [0.25, 0.3) is 0 Å². The van der Waals surface area contributed by atoms with Crippen molar-refractivity contribution in [3.8, 4) is 0 Å². The summed E-state index contributed by atoms with van der Waals surface area (Å²) in [7, 11) is 0. The lowest BCUT2D eigenvalue weighted by Crippen LogP contribution is -1.72. The molecule has 1 aromatic heterocycles. The summed E-state index contributed by atoms with van der Waals surface area (Å²) in [6.45, 7) is 2.17. The number of hydrogen-bond donors (Lipinski definition) is 0.